The van der Waals surface area contributed by atoms with Gasteiger partial charge in [0.2, 0.25) is 5.91 Å². The lowest BCUT2D eigenvalue weighted by Crippen LogP contribution is -2.37. The van der Waals surface area contributed by atoms with Gasteiger partial charge in [-0.05, 0) is 32.1 Å². The normalized spacial score (nSPS) is 27.9. The molecule has 2 aliphatic carbocycles. The average molecular weight is 193 g/mol. The van der Waals surface area contributed by atoms with Crippen LogP contribution in [0.15, 0.2) is 12.2 Å². The minimum atomic E-state index is 0.251. The van der Waals surface area contributed by atoms with Gasteiger partial charge in [-0.1, -0.05) is 25.0 Å². The van der Waals surface area contributed by atoms with E-state index in [0.29, 0.717) is 11.9 Å². The molecule has 0 aromatic rings. The van der Waals surface area contributed by atoms with Gasteiger partial charge in [0.15, 0.2) is 0 Å². The molecule has 14 heavy (non-hydrogen) atoms. The summed E-state index contributed by atoms with van der Waals surface area (Å²) in [5, 5.41) is 3.18. The molecule has 1 fully saturated rings. The Balaban J connectivity index is 1.79. The Morgan fingerprint density at radius 2 is 1.93 bits per heavy atom. The second-order valence-electron chi connectivity index (χ2n) is 4.47. The lowest BCUT2D eigenvalue weighted by Gasteiger charge is -2.20. The molecule has 1 amide bonds. The van der Waals surface area contributed by atoms with E-state index in [1.54, 1.807) is 0 Å². The van der Waals surface area contributed by atoms with Crippen LogP contribution in [-0.2, 0) is 4.79 Å². The number of carbonyl (C=O) groups is 1. The molecule has 0 aliphatic heterocycles. The van der Waals surface area contributed by atoms with Gasteiger partial charge in [-0.15, -0.1) is 0 Å². The second kappa shape index (κ2) is 4.63. The van der Waals surface area contributed by atoms with Gasteiger partial charge < -0.3 is 5.32 Å². The van der Waals surface area contributed by atoms with Crippen LogP contribution in [-0.4, -0.2) is 11.9 Å². The number of hydrogen-bond donors (Lipinski definition) is 1. The zero-order valence-electron chi connectivity index (χ0n) is 8.67. The van der Waals surface area contributed by atoms with Crippen LogP contribution in [0.25, 0.3) is 0 Å². The van der Waals surface area contributed by atoms with Gasteiger partial charge in [0.1, 0.15) is 0 Å². The van der Waals surface area contributed by atoms with E-state index in [1.165, 1.54) is 25.7 Å². The molecule has 0 unspecified atom stereocenters. The summed E-state index contributed by atoms with van der Waals surface area (Å²) in [5.74, 6) is 0.543. The molecular weight excluding hydrogens is 174 g/mol. The van der Waals surface area contributed by atoms with Gasteiger partial charge in [0, 0.05) is 12.0 Å². The van der Waals surface area contributed by atoms with Crippen LogP contribution in [0.1, 0.15) is 44.9 Å². The maximum atomic E-state index is 11.8. The summed E-state index contributed by atoms with van der Waals surface area (Å²) < 4.78 is 0. The van der Waals surface area contributed by atoms with Crippen molar-refractivity contribution in [3.8, 4) is 0 Å². The van der Waals surface area contributed by atoms with Gasteiger partial charge in [-0.2, -0.15) is 0 Å². The smallest absolute Gasteiger partial charge is 0.223 e. The van der Waals surface area contributed by atoms with Crippen molar-refractivity contribution in [3.05, 3.63) is 12.2 Å². The third-order valence-corrected chi connectivity index (χ3v) is 3.34. The van der Waals surface area contributed by atoms with Crippen LogP contribution in [0.5, 0.6) is 0 Å². The van der Waals surface area contributed by atoms with Crippen molar-refractivity contribution in [1.82, 2.24) is 5.32 Å². The lowest BCUT2D eigenvalue weighted by atomic mass is 9.93. The van der Waals surface area contributed by atoms with Gasteiger partial charge in [-0.25, -0.2) is 0 Å². The quantitative estimate of drug-likeness (QED) is 0.670. The molecule has 0 aromatic carbocycles. The fraction of sp³-hybridized carbons (Fsp3) is 0.750. The molecule has 0 aromatic heterocycles. The van der Waals surface area contributed by atoms with E-state index >= 15 is 0 Å². The summed E-state index contributed by atoms with van der Waals surface area (Å²) >= 11 is 0. The standard InChI is InChI=1S/C12H19NO/c14-12(10-6-2-1-3-7-10)13-11-8-4-5-9-11/h1-2,10-11H,3-9H2,(H,13,14)/t10-/m0/s1. The molecule has 0 radical (unpaired) electrons. The first-order valence-corrected chi connectivity index (χ1v) is 5.81. The minimum Gasteiger partial charge on any atom is -0.353 e. The maximum Gasteiger partial charge on any atom is 0.223 e. The summed E-state index contributed by atoms with van der Waals surface area (Å²) in [6.07, 6.45) is 12.3. The van der Waals surface area contributed by atoms with Crippen LogP contribution < -0.4 is 5.32 Å². The largest absolute Gasteiger partial charge is 0.353 e. The molecule has 0 saturated heterocycles. The molecule has 0 bridgehead atoms. The number of nitrogens with one attached hydrogen (secondary N) is 1. The van der Waals surface area contributed by atoms with E-state index in [9.17, 15) is 4.79 Å². The molecule has 1 N–H and O–H groups in total. The minimum absolute atomic E-state index is 0.251. The van der Waals surface area contributed by atoms with Crippen LogP contribution in [0, 0.1) is 5.92 Å². The van der Waals surface area contributed by atoms with Crippen molar-refractivity contribution >= 4 is 5.91 Å². The highest BCUT2D eigenvalue weighted by atomic mass is 16.1. The van der Waals surface area contributed by atoms with Crippen molar-refractivity contribution in [1.29, 1.82) is 0 Å². The van der Waals surface area contributed by atoms with Crippen LogP contribution in [0.4, 0.5) is 0 Å². The van der Waals surface area contributed by atoms with Gasteiger partial charge >= 0.3 is 0 Å². The summed E-state index contributed by atoms with van der Waals surface area (Å²) in [7, 11) is 0. The highest BCUT2D eigenvalue weighted by Crippen LogP contribution is 2.21. The van der Waals surface area contributed by atoms with Crippen molar-refractivity contribution in [2.24, 2.45) is 5.92 Å². The first kappa shape index (κ1) is 9.75. The average Bonchev–Trinajstić information content (AvgIpc) is 2.72. The predicted molar refractivity (Wildman–Crippen MR) is 56.9 cm³/mol. The first-order valence-electron chi connectivity index (χ1n) is 5.81. The van der Waals surface area contributed by atoms with E-state index in [2.05, 4.69) is 17.5 Å². The van der Waals surface area contributed by atoms with E-state index in [4.69, 9.17) is 0 Å². The Kier molecular flexibility index (Phi) is 3.22. The SMILES string of the molecule is O=C(NC1CCCC1)[C@H]1CC=CCC1. The monoisotopic (exact) mass is 193 g/mol. The zero-order valence-corrected chi connectivity index (χ0v) is 8.67. The third kappa shape index (κ3) is 2.37. The maximum absolute atomic E-state index is 11.8. The van der Waals surface area contributed by atoms with Crippen molar-refractivity contribution < 1.29 is 4.79 Å². The van der Waals surface area contributed by atoms with Crippen molar-refractivity contribution in [2.75, 3.05) is 0 Å². The van der Waals surface area contributed by atoms with E-state index in [-0.39, 0.29) is 5.92 Å². The number of amides is 1. The molecule has 2 heteroatoms. The molecule has 0 heterocycles. The van der Waals surface area contributed by atoms with Crippen LogP contribution in [0.2, 0.25) is 0 Å². The van der Waals surface area contributed by atoms with E-state index in [1.807, 2.05) is 0 Å². The Labute approximate surface area is 85.8 Å². The molecular formula is C12H19NO. The highest BCUT2D eigenvalue weighted by molar-refractivity contribution is 5.79. The third-order valence-electron chi connectivity index (χ3n) is 3.34. The molecule has 1 saturated carbocycles. The molecule has 78 valence electrons. The molecule has 0 spiro atoms. The molecule has 2 rings (SSSR count). The van der Waals surface area contributed by atoms with Crippen molar-refractivity contribution in [3.63, 3.8) is 0 Å². The topological polar surface area (TPSA) is 29.1 Å². The number of carbonyl (C=O) groups excluding carboxylic acids is 1. The zero-order chi connectivity index (χ0) is 9.80. The van der Waals surface area contributed by atoms with Crippen LogP contribution >= 0.6 is 0 Å². The van der Waals surface area contributed by atoms with Gasteiger partial charge in [-0.3, -0.25) is 4.79 Å². The van der Waals surface area contributed by atoms with E-state index in [0.717, 1.165) is 19.3 Å². The summed E-state index contributed by atoms with van der Waals surface area (Å²) in [6, 6.07) is 0.480. The Hall–Kier alpha value is -0.790. The highest BCUT2D eigenvalue weighted by Gasteiger charge is 2.23. The summed E-state index contributed by atoms with van der Waals surface area (Å²) in [5.41, 5.74) is 0. The van der Waals surface area contributed by atoms with Gasteiger partial charge in [0.25, 0.3) is 0 Å². The molecule has 1 atom stereocenters. The first-order chi connectivity index (χ1) is 6.86. The van der Waals surface area contributed by atoms with Crippen LogP contribution in [0.3, 0.4) is 0 Å². The number of hydrogen-bond acceptors (Lipinski definition) is 1. The fourth-order valence-corrected chi connectivity index (χ4v) is 2.42. The number of rotatable bonds is 2. The predicted octanol–water partition coefficient (Wildman–Crippen LogP) is 2.40. The Bertz CT molecular complexity index is 228. The lowest BCUT2D eigenvalue weighted by molar-refractivity contribution is -0.125. The fourth-order valence-electron chi connectivity index (χ4n) is 2.42. The Morgan fingerprint density at radius 1 is 1.14 bits per heavy atom. The second-order valence-corrected chi connectivity index (χ2v) is 4.47. The van der Waals surface area contributed by atoms with Crippen molar-refractivity contribution in [2.45, 2.75) is 51.0 Å². The molecule has 2 nitrogen and oxygen atoms in total. The van der Waals surface area contributed by atoms with Gasteiger partial charge in [0.05, 0.1) is 0 Å². The molecule has 2 aliphatic rings. The Morgan fingerprint density at radius 3 is 2.57 bits per heavy atom. The van der Waals surface area contributed by atoms with E-state index < -0.39 is 0 Å². The summed E-state index contributed by atoms with van der Waals surface area (Å²) in [4.78, 5) is 11.8. The summed E-state index contributed by atoms with van der Waals surface area (Å²) in [6.45, 7) is 0. The number of allylic oxidation sites excluding steroid dienone is 2.